The van der Waals surface area contributed by atoms with Crippen LogP contribution in [0.15, 0.2) is 0 Å². The Bertz CT molecular complexity index is 877. The SMILES string of the molecule is CCCCCCCCCC(=O)OCCCCCCCN(CCCCCCCCCC(=O)OC(CCCCCC)CCCCCC)CCNC(=O)NCCCN(C)C. The molecule has 0 aromatic rings. The fourth-order valence-electron chi connectivity index (χ4n) is 7.37. The van der Waals surface area contributed by atoms with Gasteiger partial charge in [-0.2, -0.15) is 0 Å². The van der Waals surface area contributed by atoms with Crippen molar-refractivity contribution in [1.29, 1.82) is 0 Å². The zero-order valence-electron chi connectivity index (χ0n) is 38.6. The molecule has 0 aromatic heterocycles. The van der Waals surface area contributed by atoms with Crippen LogP contribution in [0.5, 0.6) is 0 Å². The van der Waals surface area contributed by atoms with Crippen LogP contribution in [0.4, 0.5) is 4.79 Å². The Morgan fingerprint density at radius 1 is 0.456 bits per heavy atom. The molecule has 0 aliphatic heterocycles. The number of nitrogens with zero attached hydrogens (tertiary/aromatic N) is 2. The average Bonchev–Trinajstić information content (AvgIpc) is 3.19. The fourth-order valence-corrected chi connectivity index (χ4v) is 7.37. The Morgan fingerprint density at radius 2 is 0.895 bits per heavy atom. The monoisotopic (exact) mass is 809 g/mol. The van der Waals surface area contributed by atoms with Crippen LogP contribution in [0.2, 0.25) is 0 Å². The average molecular weight is 809 g/mol. The summed E-state index contributed by atoms with van der Waals surface area (Å²) in [7, 11) is 4.10. The number of esters is 2. The summed E-state index contributed by atoms with van der Waals surface area (Å²) >= 11 is 0. The fraction of sp³-hybridized carbons (Fsp3) is 0.938. The van der Waals surface area contributed by atoms with Gasteiger partial charge in [-0.25, -0.2) is 4.79 Å². The van der Waals surface area contributed by atoms with Crippen LogP contribution >= 0.6 is 0 Å². The Kier molecular flexibility index (Phi) is 42.3. The van der Waals surface area contributed by atoms with E-state index in [0.717, 1.165) is 96.8 Å². The molecule has 9 nitrogen and oxygen atoms in total. The first-order valence-electron chi connectivity index (χ1n) is 24.6. The smallest absolute Gasteiger partial charge is 0.314 e. The zero-order chi connectivity index (χ0) is 41.9. The van der Waals surface area contributed by atoms with Gasteiger partial charge >= 0.3 is 18.0 Å². The first-order valence-corrected chi connectivity index (χ1v) is 24.6. The van der Waals surface area contributed by atoms with Crippen molar-refractivity contribution in [2.24, 2.45) is 0 Å². The molecule has 2 N–H and O–H groups in total. The quantitative estimate of drug-likeness (QED) is 0.0467. The van der Waals surface area contributed by atoms with Gasteiger partial charge in [0, 0.05) is 32.5 Å². The van der Waals surface area contributed by atoms with Crippen LogP contribution in [0.1, 0.15) is 226 Å². The van der Waals surface area contributed by atoms with E-state index in [2.05, 4.69) is 41.2 Å². The molecule has 0 aliphatic carbocycles. The van der Waals surface area contributed by atoms with E-state index in [0.29, 0.717) is 32.5 Å². The van der Waals surface area contributed by atoms with Crippen LogP contribution < -0.4 is 10.6 Å². The van der Waals surface area contributed by atoms with Crippen molar-refractivity contribution in [3.63, 3.8) is 0 Å². The summed E-state index contributed by atoms with van der Waals surface area (Å²) in [6.07, 6.45) is 36.2. The van der Waals surface area contributed by atoms with Crippen molar-refractivity contribution < 1.29 is 23.9 Å². The molecular formula is C48H96N4O5. The number of nitrogens with one attached hydrogen (secondary N) is 2. The molecule has 0 aromatic carbocycles. The number of ether oxygens (including phenoxy) is 2. The highest BCUT2D eigenvalue weighted by Crippen LogP contribution is 2.18. The summed E-state index contributed by atoms with van der Waals surface area (Å²) in [6.45, 7) is 12.6. The summed E-state index contributed by atoms with van der Waals surface area (Å²) in [5.74, 6) is -0.0191. The number of urea groups is 1. The molecule has 57 heavy (non-hydrogen) atoms. The van der Waals surface area contributed by atoms with Gasteiger partial charge in [-0.05, 0) is 97.9 Å². The van der Waals surface area contributed by atoms with E-state index in [1.165, 1.54) is 122 Å². The summed E-state index contributed by atoms with van der Waals surface area (Å²) in [5.41, 5.74) is 0. The second-order valence-electron chi connectivity index (χ2n) is 17.1. The number of unbranched alkanes of at least 4 members (excludes halogenated alkanes) is 22. The van der Waals surface area contributed by atoms with E-state index >= 15 is 0 Å². The van der Waals surface area contributed by atoms with Gasteiger partial charge < -0.3 is 29.9 Å². The Hall–Kier alpha value is -1.87. The molecule has 0 heterocycles. The molecule has 0 spiro atoms. The second-order valence-corrected chi connectivity index (χ2v) is 17.1. The molecule has 0 bridgehead atoms. The lowest BCUT2D eigenvalue weighted by molar-refractivity contribution is -0.150. The van der Waals surface area contributed by atoms with Crippen LogP contribution in [0, 0.1) is 0 Å². The van der Waals surface area contributed by atoms with Crippen LogP contribution in [0.25, 0.3) is 0 Å². The van der Waals surface area contributed by atoms with E-state index in [1.807, 2.05) is 14.1 Å². The summed E-state index contributed by atoms with van der Waals surface area (Å²) in [6, 6.07) is -0.0743. The molecule has 0 aliphatic rings. The number of hydrogen-bond donors (Lipinski definition) is 2. The topological polar surface area (TPSA) is 100 Å². The molecule has 338 valence electrons. The van der Waals surface area contributed by atoms with Crippen LogP contribution in [-0.4, -0.2) is 93.8 Å². The van der Waals surface area contributed by atoms with Crippen molar-refractivity contribution in [1.82, 2.24) is 20.4 Å². The molecule has 9 heteroatoms. The van der Waals surface area contributed by atoms with Gasteiger partial charge in [0.1, 0.15) is 6.10 Å². The molecule has 2 amide bonds. The summed E-state index contributed by atoms with van der Waals surface area (Å²) in [4.78, 5) is 41.6. The Balaban J connectivity index is 4.31. The normalized spacial score (nSPS) is 11.5. The van der Waals surface area contributed by atoms with Gasteiger partial charge in [0.2, 0.25) is 0 Å². The second kappa shape index (κ2) is 43.7. The van der Waals surface area contributed by atoms with E-state index in [-0.39, 0.29) is 24.1 Å². The highest BCUT2D eigenvalue weighted by Gasteiger charge is 2.14. The first kappa shape index (κ1) is 55.1. The lowest BCUT2D eigenvalue weighted by atomic mass is 10.0. The van der Waals surface area contributed by atoms with Gasteiger partial charge in [0.15, 0.2) is 0 Å². The highest BCUT2D eigenvalue weighted by molar-refractivity contribution is 5.73. The number of hydrogen-bond acceptors (Lipinski definition) is 7. The largest absolute Gasteiger partial charge is 0.466 e. The third-order valence-electron chi connectivity index (χ3n) is 11.1. The third-order valence-corrected chi connectivity index (χ3v) is 11.1. The maximum atomic E-state index is 12.6. The van der Waals surface area contributed by atoms with Gasteiger partial charge in [0.25, 0.3) is 0 Å². The van der Waals surface area contributed by atoms with Gasteiger partial charge in [0.05, 0.1) is 6.61 Å². The van der Waals surface area contributed by atoms with Crippen molar-refractivity contribution in [2.45, 2.75) is 232 Å². The summed E-state index contributed by atoms with van der Waals surface area (Å²) in [5, 5.41) is 6.04. The Labute approximate surface area is 353 Å². The van der Waals surface area contributed by atoms with Crippen molar-refractivity contribution in [3.05, 3.63) is 0 Å². The number of carbonyl (C=O) groups is 3. The van der Waals surface area contributed by atoms with E-state index in [1.54, 1.807) is 0 Å². The molecule has 0 atom stereocenters. The molecule has 0 fully saturated rings. The molecule has 0 saturated heterocycles. The molecule has 0 unspecified atom stereocenters. The lowest BCUT2D eigenvalue weighted by Crippen LogP contribution is -2.41. The minimum atomic E-state index is -0.0743. The van der Waals surface area contributed by atoms with E-state index in [9.17, 15) is 14.4 Å². The predicted molar refractivity (Wildman–Crippen MR) is 242 cm³/mol. The summed E-state index contributed by atoms with van der Waals surface area (Å²) < 4.78 is 11.4. The third kappa shape index (κ3) is 42.1. The zero-order valence-corrected chi connectivity index (χ0v) is 38.6. The Morgan fingerprint density at radius 3 is 1.42 bits per heavy atom. The first-order chi connectivity index (χ1) is 27.8. The maximum absolute atomic E-state index is 12.6. The number of carbonyl (C=O) groups excluding carboxylic acids is 3. The maximum Gasteiger partial charge on any atom is 0.314 e. The molecule has 0 rings (SSSR count). The minimum absolute atomic E-state index is 0.0113. The van der Waals surface area contributed by atoms with Gasteiger partial charge in [-0.1, -0.05) is 149 Å². The standard InChI is InChI=1S/C48H96N4O5/c1-6-9-12-15-17-21-28-36-46(53)56-44-32-25-20-24-31-42-52(43-39-50-48(55)49-38-33-40-51(4)5)41-30-23-19-16-18-22-29-37-47(54)57-45(34-26-13-10-7-2)35-27-14-11-8-3/h45H,6-44H2,1-5H3,(H2,49,50,55). The number of rotatable bonds is 44. The van der Waals surface area contributed by atoms with Crippen LogP contribution in [-0.2, 0) is 19.1 Å². The minimum Gasteiger partial charge on any atom is -0.466 e. The van der Waals surface area contributed by atoms with Crippen molar-refractivity contribution in [3.8, 4) is 0 Å². The molecule has 0 radical (unpaired) electrons. The molecular weight excluding hydrogens is 713 g/mol. The van der Waals surface area contributed by atoms with Crippen molar-refractivity contribution in [2.75, 3.05) is 60.0 Å². The lowest BCUT2D eigenvalue weighted by Gasteiger charge is -2.22. The van der Waals surface area contributed by atoms with E-state index < -0.39 is 0 Å². The predicted octanol–water partition coefficient (Wildman–Crippen LogP) is 12.1. The van der Waals surface area contributed by atoms with E-state index in [4.69, 9.17) is 9.47 Å². The van der Waals surface area contributed by atoms with Gasteiger partial charge in [-0.3, -0.25) is 9.59 Å². The highest BCUT2D eigenvalue weighted by atomic mass is 16.5. The van der Waals surface area contributed by atoms with Crippen LogP contribution in [0.3, 0.4) is 0 Å². The molecule has 0 saturated carbocycles. The number of amides is 2. The van der Waals surface area contributed by atoms with Crippen molar-refractivity contribution >= 4 is 18.0 Å². The van der Waals surface area contributed by atoms with Gasteiger partial charge in [-0.15, -0.1) is 0 Å².